The number of pyridine rings is 1. The molecule has 0 aliphatic rings. The molecular weight excluding hydrogens is 196 g/mol. The van der Waals surface area contributed by atoms with E-state index in [-0.39, 0.29) is 5.88 Å². The van der Waals surface area contributed by atoms with Crippen LogP contribution < -0.4 is 10.5 Å². The van der Waals surface area contributed by atoms with Gasteiger partial charge in [-0.3, -0.25) is 0 Å². The fraction of sp³-hybridized carbons (Fsp3) is 0.400. The van der Waals surface area contributed by atoms with Crippen LogP contribution in [-0.2, 0) is 9.53 Å². The van der Waals surface area contributed by atoms with Gasteiger partial charge < -0.3 is 15.2 Å². The summed E-state index contributed by atoms with van der Waals surface area (Å²) < 4.78 is 10.0. The van der Waals surface area contributed by atoms with E-state index in [1.54, 1.807) is 32.2 Å². The minimum atomic E-state index is -0.706. The highest BCUT2D eigenvalue weighted by Gasteiger charge is 2.17. The van der Waals surface area contributed by atoms with Crippen LogP contribution in [0.2, 0.25) is 0 Å². The molecule has 1 heterocycles. The molecule has 82 valence electrons. The van der Waals surface area contributed by atoms with Crippen LogP contribution in [0, 0.1) is 0 Å². The van der Waals surface area contributed by atoms with E-state index < -0.39 is 12.1 Å². The van der Waals surface area contributed by atoms with E-state index in [0.29, 0.717) is 12.3 Å². The van der Waals surface area contributed by atoms with Gasteiger partial charge in [-0.05, 0) is 26.0 Å². The molecule has 1 aromatic rings. The second kappa shape index (κ2) is 5.19. The minimum absolute atomic E-state index is 0.248. The van der Waals surface area contributed by atoms with Gasteiger partial charge in [0.25, 0.3) is 0 Å². The monoisotopic (exact) mass is 210 g/mol. The zero-order valence-electron chi connectivity index (χ0n) is 8.77. The quantitative estimate of drug-likeness (QED) is 0.750. The average molecular weight is 210 g/mol. The number of rotatable bonds is 4. The summed E-state index contributed by atoms with van der Waals surface area (Å²) in [6.07, 6.45) is 0.839. The standard InChI is InChI=1S/C10H14N2O3/c1-3-14-10(13)7(2)15-9-8(11)5-4-6-12-9/h4-7H,3,11H2,1-2H3. The molecule has 15 heavy (non-hydrogen) atoms. The molecule has 1 atom stereocenters. The largest absolute Gasteiger partial charge is 0.463 e. The van der Waals surface area contributed by atoms with E-state index in [1.807, 2.05) is 0 Å². The minimum Gasteiger partial charge on any atom is -0.463 e. The van der Waals surface area contributed by atoms with Crippen molar-refractivity contribution in [2.45, 2.75) is 20.0 Å². The van der Waals surface area contributed by atoms with Crippen molar-refractivity contribution in [1.82, 2.24) is 4.98 Å². The molecule has 5 nitrogen and oxygen atoms in total. The predicted molar refractivity (Wildman–Crippen MR) is 55.4 cm³/mol. The number of esters is 1. The Morgan fingerprint density at radius 2 is 2.40 bits per heavy atom. The van der Waals surface area contributed by atoms with Gasteiger partial charge in [0.05, 0.1) is 12.3 Å². The lowest BCUT2D eigenvalue weighted by Crippen LogP contribution is -2.26. The predicted octanol–water partition coefficient (Wildman–Crippen LogP) is 0.994. The maximum atomic E-state index is 11.2. The number of aromatic nitrogens is 1. The van der Waals surface area contributed by atoms with Gasteiger partial charge in [-0.1, -0.05) is 0 Å². The summed E-state index contributed by atoms with van der Waals surface area (Å²) in [5.74, 6) is -0.180. The number of ether oxygens (including phenoxy) is 2. The van der Waals surface area contributed by atoms with Crippen molar-refractivity contribution in [3.8, 4) is 5.88 Å². The molecule has 1 aromatic heterocycles. The lowest BCUT2D eigenvalue weighted by molar-refractivity contribution is -0.150. The third-order valence-electron chi connectivity index (χ3n) is 1.71. The number of anilines is 1. The van der Waals surface area contributed by atoms with Crippen LogP contribution in [0.5, 0.6) is 5.88 Å². The molecule has 0 spiro atoms. The van der Waals surface area contributed by atoms with E-state index >= 15 is 0 Å². The van der Waals surface area contributed by atoms with Gasteiger partial charge in [-0.15, -0.1) is 0 Å². The summed E-state index contributed by atoms with van der Waals surface area (Å²) >= 11 is 0. The van der Waals surface area contributed by atoms with Crippen LogP contribution in [0.15, 0.2) is 18.3 Å². The zero-order valence-corrected chi connectivity index (χ0v) is 8.77. The fourth-order valence-electron chi connectivity index (χ4n) is 0.977. The van der Waals surface area contributed by atoms with Crippen molar-refractivity contribution in [3.05, 3.63) is 18.3 Å². The summed E-state index contributed by atoms with van der Waals surface area (Å²) in [6.45, 7) is 3.65. The molecule has 0 saturated carbocycles. The third-order valence-corrected chi connectivity index (χ3v) is 1.71. The first-order chi connectivity index (χ1) is 7.15. The molecule has 1 unspecified atom stereocenters. The van der Waals surface area contributed by atoms with Gasteiger partial charge in [0.1, 0.15) is 0 Å². The molecule has 0 fully saturated rings. The first-order valence-corrected chi connectivity index (χ1v) is 4.69. The second-order valence-electron chi connectivity index (χ2n) is 2.91. The SMILES string of the molecule is CCOC(=O)C(C)Oc1ncccc1N. The number of hydrogen-bond donors (Lipinski definition) is 1. The molecule has 0 aromatic carbocycles. The maximum Gasteiger partial charge on any atom is 0.347 e. The Kier molecular flexibility index (Phi) is 3.91. The van der Waals surface area contributed by atoms with Crippen molar-refractivity contribution in [2.75, 3.05) is 12.3 Å². The first-order valence-electron chi connectivity index (χ1n) is 4.69. The Labute approximate surface area is 88.2 Å². The molecule has 0 aliphatic heterocycles. The Bertz CT molecular complexity index is 341. The number of carbonyl (C=O) groups excluding carboxylic acids is 1. The van der Waals surface area contributed by atoms with Gasteiger partial charge in [0, 0.05) is 6.20 Å². The average Bonchev–Trinajstić information content (AvgIpc) is 2.21. The Morgan fingerprint density at radius 1 is 1.67 bits per heavy atom. The molecule has 0 radical (unpaired) electrons. The molecule has 2 N–H and O–H groups in total. The third kappa shape index (κ3) is 3.12. The molecular formula is C10H14N2O3. The molecule has 0 saturated heterocycles. The van der Waals surface area contributed by atoms with Crippen molar-refractivity contribution >= 4 is 11.7 Å². The van der Waals surface area contributed by atoms with E-state index in [9.17, 15) is 4.79 Å². The summed E-state index contributed by atoms with van der Waals surface area (Å²) in [7, 11) is 0. The van der Waals surface area contributed by atoms with Crippen molar-refractivity contribution < 1.29 is 14.3 Å². The van der Waals surface area contributed by atoms with Crippen LogP contribution in [0.1, 0.15) is 13.8 Å². The highest BCUT2D eigenvalue weighted by atomic mass is 16.6. The number of nitrogen functional groups attached to an aromatic ring is 1. The maximum absolute atomic E-state index is 11.2. The van der Waals surface area contributed by atoms with E-state index in [2.05, 4.69) is 4.98 Å². The van der Waals surface area contributed by atoms with Gasteiger partial charge >= 0.3 is 5.97 Å². The van der Waals surface area contributed by atoms with Gasteiger partial charge in [-0.2, -0.15) is 0 Å². The van der Waals surface area contributed by atoms with Crippen LogP contribution in [-0.4, -0.2) is 23.7 Å². The normalized spacial score (nSPS) is 11.9. The van der Waals surface area contributed by atoms with Crippen molar-refractivity contribution in [2.24, 2.45) is 0 Å². The van der Waals surface area contributed by atoms with Crippen LogP contribution >= 0.6 is 0 Å². The lowest BCUT2D eigenvalue weighted by atomic mass is 10.4. The van der Waals surface area contributed by atoms with E-state index in [4.69, 9.17) is 15.2 Å². The molecule has 0 aliphatic carbocycles. The smallest absolute Gasteiger partial charge is 0.347 e. The zero-order chi connectivity index (χ0) is 11.3. The van der Waals surface area contributed by atoms with Crippen molar-refractivity contribution in [1.29, 1.82) is 0 Å². The van der Waals surface area contributed by atoms with Gasteiger partial charge in [0.15, 0.2) is 6.10 Å². The second-order valence-corrected chi connectivity index (χ2v) is 2.91. The molecule has 0 bridgehead atoms. The summed E-state index contributed by atoms with van der Waals surface area (Å²) in [5.41, 5.74) is 6.00. The Morgan fingerprint density at radius 3 is 3.00 bits per heavy atom. The number of carbonyl (C=O) groups is 1. The number of nitrogens with zero attached hydrogens (tertiary/aromatic N) is 1. The number of nitrogens with two attached hydrogens (primary N) is 1. The van der Waals surface area contributed by atoms with Crippen LogP contribution in [0.4, 0.5) is 5.69 Å². The molecule has 5 heteroatoms. The highest BCUT2D eigenvalue weighted by Crippen LogP contribution is 2.17. The Balaban J connectivity index is 2.62. The first kappa shape index (κ1) is 11.3. The fourth-order valence-corrected chi connectivity index (χ4v) is 0.977. The van der Waals surface area contributed by atoms with Crippen molar-refractivity contribution in [3.63, 3.8) is 0 Å². The van der Waals surface area contributed by atoms with Gasteiger partial charge in [0.2, 0.25) is 5.88 Å². The lowest BCUT2D eigenvalue weighted by Gasteiger charge is -2.13. The molecule has 1 rings (SSSR count). The van der Waals surface area contributed by atoms with Crippen LogP contribution in [0.25, 0.3) is 0 Å². The highest BCUT2D eigenvalue weighted by molar-refractivity contribution is 5.74. The van der Waals surface area contributed by atoms with E-state index in [1.165, 1.54) is 0 Å². The topological polar surface area (TPSA) is 74.4 Å². The summed E-state index contributed by atoms with van der Waals surface area (Å²) in [6, 6.07) is 3.34. The summed E-state index contributed by atoms with van der Waals surface area (Å²) in [4.78, 5) is 15.1. The number of hydrogen-bond acceptors (Lipinski definition) is 5. The van der Waals surface area contributed by atoms with Crippen LogP contribution in [0.3, 0.4) is 0 Å². The van der Waals surface area contributed by atoms with Gasteiger partial charge in [-0.25, -0.2) is 9.78 Å². The Hall–Kier alpha value is -1.78. The van der Waals surface area contributed by atoms with E-state index in [0.717, 1.165) is 0 Å². The molecule has 0 amide bonds. The summed E-state index contributed by atoms with van der Waals surface area (Å²) in [5, 5.41) is 0.